The third-order valence-electron chi connectivity index (χ3n) is 4.94. The number of aryl methyl sites for hydroxylation is 1. The Morgan fingerprint density at radius 1 is 1.30 bits per heavy atom. The van der Waals surface area contributed by atoms with Crippen molar-refractivity contribution < 1.29 is 9.90 Å². The van der Waals surface area contributed by atoms with Gasteiger partial charge in [0.2, 0.25) is 0 Å². The van der Waals surface area contributed by atoms with Crippen LogP contribution in [0.4, 0.5) is 0 Å². The number of fused-ring (bicyclic) bond motifs is 2. The number of aromatic nitrogens is 1. The topological polar surface area (TPSA) is 53.4 Å². The molecule has 4 rings (SSSR count). The molecular weight excluding hydrogens is 380 g/mol. The van der Waals surface area contributed by atoms with Crippen LogP contribution in [-0.4, -0.2) is 34.0 Å². The van der Waals surface area contributed by atoms with Crippen LogP contribution in [0.1, 0.15) is 39.0 Å². The quantitative estimate of drug-likeness (QED) is 0.664. The molecule has 0 bridgehead atoms. The van der Waals surface area contributed by atoms with Gasteiger partial charge in [0.1, 0.15) is 0 Å². The molecular formula is C21H21ClN2O2S. The fourth-order valence-electron chi connectivity index (χ4n) is 3.54. The maximum absolute atomic E-state index is 12.1. The average Bonchev–Trinajstić information content (AvgIpc) is 3.04. The Kier molecular flexibility index (Phi) is 5.65. The molecule has 0 spiro atoms. The van der Waals surface area contributed by atoms with Gasteiger partial charge >= 0.3 is 5.97 Å². The lowest BCUT2D eigenvalue weighted by atomic mass is 9.92. The van der Waals surface area contributed by atoms with Crippen LogP contribution in [0.15, 0.2) is 35.7 Å². The summed E-state index contributed by atoms with van der Waals surface area (Å²) in [5.41, 5.74) is 5.10. The molecule has 1 N–H and O–H groups in total. The first-order valence-corrected chi connectivity index (χ1v) is 9.58. The maximum Gasteiger partial charge on any atom is 0.336 e. The minimum Gasteiger partial charge on any atom is -0.478 e. The molecule has 1 aliphatic rings. The summed E-state index contributed by atoms with van der Waals surface area (Å²) in [6, 6.07) is 9.62. The lowest BCUT2D eigenvalue weighted by molar-refractivity contribution is 0.0696. The third kappa shape index (κ3) is 3.50. The first-order chi connectivity index (χ1) is 12.6. The number of rotatable bonds is 3. The Hall–Kier alpha value is -2.21. The standard InChI is InChI=1S/C21H20N2O2S.ClH/c1-3-23-11-14(10-18-13(2)8-9-26-18)20-16(12-23)19(21(24)25)15-6-4-5-7-17(15)22-20;/h4-10H,3,11-12H2,1-2H3,(H,24,25);1H/b14-10+;. The molecule has 27 heavy (non-hydrogen) atoms. The van der Waals surface area contributed by atoms with E-state index < -0.39 is 5.97 Å². The summed E-state index contributed by atoms with van der Waals surface area (Å²) in [5.74, 6) is -0.885. The van der Waals surface area contributed by atoms with E-state index in [9.17, 15) is 9.90 Å². The van der Waals surface area contributed by atoms with Gasteiger partial charge < -0.3 is 5.11 Å². The Bertz CT molecular complexity index is 1040. The number of thiophene rings is 1. The zero-order chi connectivity index (χ0) is 18.3. The number of para-hydroxylation sites is 1. The van der Waals surface area contributed by atoms with Crippen LogP contribution < -0.4 is 0 Å². The van der Waals surface area contributed by atoms with Crippen molar-refractivity contribution in [1.29, 1.82) is 0 Å². The largest absolute Gasteiger partial charge is 0.478 e. The molecule has 0 atom stereocenters. The number of aromatic carboxylic acids is 1. The smallest absolute Gasteiger partial charge is 0.336 e. The summed E-state index contributed by atoms with van der Waals surface area (Å²) >= 11 is 1.70. The van der Waals surface area contributed by atoms with Crippen molar-refractivity contribution in [1.82, 2.24) is 9.88 Å². The second-order valence-corrected chi connectivity index (χ2v) is 7.52. The van der Waals surface area contributed by atoms with Crippen LogP contribution in [-0.2, 0) is 6.54 Å². The summed E-state index contributed by atoms with van der Waals surface area (Å²) in [7, 11) is 0. The lowest BCUT2D eigenvalue weighted by Gasteiger charge is -2.30. The number of pyridine rings is 1. The summed E-state index contributed by atoms with van der Waals surface area (Å²) in [4.78, 5) is 20.4. The van der Waals surface area contributed by atoms with Crippen molar-refractivity contribution >= 4 is 52.3 Å². The highest BCUT2D eigenvalue weighted by atomic mass is 35.5. The molecule has 3 heterocycles. The van der Waals surface area contributed by atoms with E-state index >= 15 is 0 Å². The molecule has 3 aromatic rings. The first kappa shape index (κ1) is 19.5. The number of carbonyl (C=O) groups is 1. The van der Waals surface area contributed by atoms with Gasteiger partial charge in [0.05, 0.1) is 16.8 Å². The minimum absolute atomic E-state index is 0. The maximum atomic E-state index is 12.1. The number of hydrogen-bond donors (Lipinski definition) is 1. The molecule has 140 valence electrons. The Labute approximate surface area is 168 Å². The van der Waals surface area contributed by atoms with E-state index in [0.717, 1.165) is 35.4 Å². The van der Waals surface area contributed by atoms with Gasteiger partial charge in [0.15, 0.2) is 0 Å². The van der Waals surface area contributed by atoms with E-state index in [-0.39, 0.29) is 12.4 Å². The van der Waals surface area contributed by atoms with Gasteiger partial charge in [0, 0.05) is 28.9 Å². The predicted octanol–water partition coefficient (Wildman–Crippen LogP) is 5.10. The Morgan fingerprint density at radius 2 is 2.07 bits per heavy atom. The summed E-state index contributed by atoms with van der Waals surface area (Å²) in [5, 5.41) is 12.7. The van der Waals surface area contributed by atoms with Gasteiger partial charge in [-0.2, -0.15) is 0 Å². The molecule has 6 heteroatoms. The number of hydrogen-bond acceptors (Lipinski definition) is 4. The van der Waals surface area contributed by atoms with E-state index in [1.807, 2.05) is 24.3 Å². The fourth-order valence-corrected chi connectivity index (χ4v) is 4.42. The van der Waals surface area contributed by atoms with Gasteiger partial charge in [-0.25, -0.2) is 9.78 Å². The number of carboxylic acid groups (broad SMARTS) is 1. The first-order valence-electron chi connectivity index (χ1n) is 8.70. The molecule has 0 amide bonds. The Balaban J connectivity index is 0.00000210. The molecule has 0 unspecified atom stereocenters. The zero-order valence-electron chi connectivity index (χ0n) is 15.2. The van der Waals surface area contributed by atoms with E-state index in [2.05, 4.69) is 36.3 Å². The molecule has 2 aromatic heterocycles. The van der Waals surface area contributed by atoms with Crippen LogP contribution >= 0.6 is 23.7 Å². The number of likely N-dealkylation sites (N-methyl/N-ethyl adjacent to an activating group) is 1. The second-order valence-electron chi connectivity index (χ2n) is 6.58. The molecule has 0 saturated carbocycles. The van der Waals surface area contributed by atoms with Crippen LogP contribution in [0.25, 0.3) is 22.6 Å². The molecule has 4 nitrogen and oxygen atoms in total. The van der Waals surface area contributed by atoms with Crippen molar-refractivity contribution in [2.24, 2.45) is 0 Å². The SMILES string of the molecule is CCN1C/C(=C\c2sccc2C)c2nc3ccccc3c(C(=O)O)c2C1.Cl. The molecule has 1 aromatic carbocycles. The summed E-state index contributed by atoms with van der Waals surface area (Å²) < 4.78 is 0. The highest BCUT2D eigenvalue weighted by molar-refractivity contribution is 7.11. The van der Waals surface area contributed by atoms with Gasteiger partial charge in [-0.05, 0) is 48.2 Å². The molecule has 1 aliphatic heterocycles. The molecule has 0 saturated heterocycles. The van der Waals surface area contributed by atoms with E-state index in [4.69, 9.17) is 4.98 Å². The second kappa shape index (κ2) is 7.80. The highest BCUT2D eigenvalue weighted by Crippen LogP contribution is 2.34. The average molecular weight is 401 g/mol. The van der Waals surface area contributed by atoms with Crippen molar-refractivity contribution in [2.45, 2.75) is 20.4 Å². The van der Waals surface area contributed by atoms with E-state index in [1.165, 1.54) is 10.4 Å². The number of halogens is 1. The Morgan fingerprint density at radius 3 is 2.74 bits per heavy atom. The summed E-state index contributed by atoms with van der Waals surface area (Å²) in [6.45, 7) is 6.47. The lowest BCUT2D eigenvalue weighted by Crippen LogP contribution is -2.31. The van der Waals surface area contributed by atoms with Crippen LogP contribution in [0.5, 0.6) is 0 Å². The van der Waals surface area contributed by atoms with Crippen LogP contribution in [0.2, 0.25) is 0 Å². The normalized spacial score (nSPS) is 15.6. The van der Waals surface area contributed by atoms with E-state index in [0.29, 0.717) is 17.5 Å². The van der Waals surface area contributed by atoms with Gasteiger partial charge in [0.25, 0.3) is 0 Å². The molecule has 0 aliphatic carbocycles. The minimum atomic E-state index is -0.885. The number of benzene rings is 1. The molecule has 0 radical (unpaired) electrons. The highest BCUT2D eigenvalue weighted by Gasteiger charge is 2.28. The van der Waals surface area contributed by atoms with Crippen LogP contribution in [0.3, 0.4) is 0 Å². The van der Waals surface area contributed by atoms with Crippen molar-refractivity contribution in [3.8, 4) is 0 Å². The monoisotopic (exact) mass is 400 g/mol. The fraction of sp³-hybridized carbons (Fsp3) is 0.238. The number of nitrogens with zero attached hydrogens (tertiary/aromatic N) is 2. The zero-order valence-corrected chi connectivity index (χ0v) is 16.9. The van der Waals surface area contributed by atoms with E-state index in [1.54, 1.807) is 11.3 Å². The van der Waals surface area contributed by atoms with Crippen LogP contribution in [0, 0.1) is 6.92 Å². The van der Waals surface area contributed by atoms with Gasteiger partial charge in [-0.15, -0.1) is 23.7 Å². The summed E-state index contributed by atoms with van der Waals surface area (Å²) in [6.07, 6.45) is 2.17. The van der Waals surface area contributed by atoms with Crippen molar-refractivity contribution in [3.63, 3.8) is 0 Å². The number of carboxylic acids is 1. The van der Waals surface area contributed by atoms with Crippen molar-refractivity contribution in [2.75, 3.05) is 13.1 Å². The third-order valence-corrected chi connectivity index (χ3v) is 5.91. The van der Waals surface area contributed by atoms with Gasteiger partial charge in [-0.3, -0.25) is 4.90 Å². The predicted molar refractivity (Wildman–Crippen MR) is 114 cm³/mol. The van der Waals surface area contributed by atoms with Crippen molar-refractivity contribution in [3.05, 3.63) is 63.0 Å². The van der Waals surface area contributed by atoms with Gasteiger partial charge in [-0.1, -0.05) is 25.1 Å². The molecule has 0 fully saturated rings.